The van der Waals surface area contributed by atoms with E-state index in [2.05, 4.69) is 9.44 Å². The SMILES string of the molecule is O=[N+]([O-])c1ccc(S(=O)(=O)N[C@H](c2ccccc2)[C@H](NS(=O)(=O)c2ccc([N+](=O)[O-])cc2)c2ccccc2)cc1. The molecule has 0 bridgehead atoms. The highest BCUT2D eigenvalue weighted by Gasteiger charge is 2.33. The van der Waals surface area contributed by atoms with Crippen molar-refractivity contribution in [3.05, 3.63) is 141 Å². The number of nitrogens with one attached hydrogen (secondary N) is 2. The molecular formula is C26H22N4O8S2. The van der Waals surface area contributed by atoms with Crippen LogP contribution in [0, 0.1) is 20.2 Å². The third-order valence-corrected chi connectivity index (χ3v) is 8.84. The van der Waals surface area contributed by atoms with E-state index in [1.54, 1.807) is 60.7 Å². The van der Waals surface area contributed by atoms with E-state index in [0.29, 0.717) is 11.1 Å². The molecule has 4 aromatic carbocycles. The molecule has 0 unspecified atom stereocenters. The number of benzene rings is 4. The fraction of sp³-hybridized carbons (Fsp3) is 0.0769. The highest BCUT2D eigenvalue weighted by molar-refractivity contribution is 7.90. The molecule has 4 rings (SSSR count). The predicted molar refractivity (Wildman–Crippen MR) is 145 cm³/mol. The molecule has 0 spiro atoms. The van der Waals surface area contributed by atoms with E-state index >= 15 is 0 Å². The van der Waals surface area contributed by atoms with Gasteiger partial charge >= 0.3 is 0 Å². The second-order valence-corrected chi connectivity index (χ2v) is 11.9. The molecule has 2 atom stereocenters. The van der Waals surface area contributed by atoms with Crippen molar-refractivity contribution in [3.63, 3.8) is 0 Å². The quantitative estimate of drug-likeness (QED) is 0.195. The van der Waals surface area contributed by atoms with E-state index < -0.39 is 42.0 Å². The van der Waals surface area contributed by atoms with Crippen LogP contribution in [0.1, 0.15) is 23.2 Å². The van der Waals surface area contributed by atoms with Gasteiger partial charge in [0.1, 0.15) is 0 Å². The number of nitrogens with zero attached hydrogens (tertiary/aromatic N) is 2. The van der Waals surface area contributed by atoms with Crippen LogP contribution >= 0.6 is 0 Å². The molecule has 0 saturated heterocycles. The summed E-state index contributed by atoms with van der Waals surface area (Å²) in [5.74, 6) is 0. The van der Waals surface area contributed by atoms with Crippen molar-refractivity contribution in [2.24, 2.45) is 0 Å². The molecule has 12 nitrogen and oxygen atoms in total. The molecule has 206 valence electrons. The number of nitro groups is 2. The zero-order chi connectivity index (χ0) is 28.9. The average Bonchev–Trinajstić information content (AvgIpc) is 2.96. The summed E-state index contributed by atoms with van der Waals surface area (Å²) in [6.45, 7) is 0. The lowest BCUT2D eigenvalue weighted by Gasteiger charge is -2.29. The maximum absolute atomic E-state index is 13.4. The summed E-state index contributed by atoms with van der Waals surface area (Å²) in [5, 5.41) is 22.0. The fourth-order valence-electron chi connectivity index (χ4n) is 3.94. The molecule has 4 aromatic rings. The van der Waals surface area contributed by atoms with Crippen molar-refractivity contribution < 1.29 is 26.7 Å². The number of rotatable bonds is 11. The first kappa shape index (κ1) is 28.5. The molecule has 0 fully saturated rings. The maximum Gasteiger partial charge on any atom is 0.269 e. The monoisotopic (exact) mass is 582 g/mol. The number of sulfonamides is 2. The standard InChI is InChI=1S/C26H22N4O8S2/c31-29(32)21-11-15-23(16-12-21)39(35,36)27-25(19-7-3-1-4-8-19)26(20-9-5-2-6-10-20)28-40(37,38)24-17-13-22(14-18-24)30(33)34/h1-18,25-28H/t25-,26-/m1/s1. The summed E-state index contributed by atoms with van der Waals surface area (Å²) in [6, 6.07) is 22.8. The first-order valence-corrected chi connectivity index (χ1v) is 14.6. The first-order valence-electron chi connectivity index (χ1n) is 11.6. The van der Waals surface area contributed by atoms with E-state index in [-0.39, 0.29) is 21.2 Å². The lowest BCUT2D eigenvalue weighted by molar-refractivity contribution is -0.385. The van der Waals surface area contributed by atoms with Gasteiger partial charge in [-0.2, -0.15) is 0 Å². The molecule has 0 saturated carbocycles. The van der Waals surface area contributed by atoms with Crippen LogP contribution in [0.4, 0.5) is 11.4 Å². The fourth-order valence-corrected chi connectivity index (χ4v) is 6.42. The van der Waals surface area contributed by atoms with Gasteiger partial charge < -0.3 is 0 Å². The number of nitro benzene ring substituents is 2. The van der Waals surface area contributed by atoms with Crippen molar-refractivity contribution >= 4 is 31.4 Å². The Bertz CT molecular complexity index is 1580. The van der Waals surface area contributed by atoms with E-state index in [4.69, 9.17) is 0 Å². The van der Waals surface area contributed by atoms with Crippen molar-refractivity contribution in [2.45, 2.75) is 21.9 Å². The largest absolute Gasteiger partial charge is 0.269 e. The van der Waals surface area contributed by atoms with Gasteiger partial charge in [-0.1, -0.05) is 60.7 Å². The predicted octanol–water partition coefficient (Wildman–Crippen LogP) is 4.24. The summed E-state index contributed by atoms with van der Waals surface area (Å²) >= 11 is 0. The zero-order valence-corrected chi connectivity index (χ0v) is 22.2. The Kier molecular flexibility index (Phi) is 8.35. The van der Waals surface area contributed by atoms with Gasteiger partial charge in [-0.25, -0.2) is 26.3 Å². The van der Waals surface area contributed by atoms with Crippen LogP contribution in [0.3, 0.4) is 0 Å². The smallest absolute Gasteiger partial charge is 0.258 e. The molecule has 0 aliphatic rings. The summed E-state index contributed by atoms with van der Waals surface area (Å²) < 4.78 is 58.9. The van der Waals surface area contributed by atoms with Gasteiger partial charge in [0.25, 0.3) is 11.4 Å². The number of non-ortho nitro benzene ring substituents is 2. The molecule has 0 radical (unpaired) electrons. The van der Waals surface area contributed by atoms with Gasteiger partial charge in [0.05, 0.1) is 31.7 Å². The number of hydrogen-bond acceptors (Lipinski definition) is 8. The molecule has 14 heteroatoms. The molecule has 40 heavy (non-hydrogen) atoms. The second-order valence-electron chi connectivity index (χ2n) is 8.52. The van der Waals surface area contributed by atoms with Crippen molar-refractivity contribution in [1.29, 1.82) is 0 Å². The van der Waals surface area contributed by atoms with Gasteiger partial charge in [0.15, 0.2) is 0 Å². The van der Waals surface area contributed by atoms with Crippen LogP contribution in [0.25, 0.3) is 0 Å². The Labute approximate surface area is 229 Å². The Morgan fingerprint density at radius 3 is 1.07 bits per heavy atom. The first-order chi connectivity index (χ1) is 19.0. The summed E-state index contributed by atoms with van der Waals surface area (Å²) in [5.41, 5.74) is 0.259. The van der Waals surface area contributed by atoms with Crippen LogP contribution in [0.5, 0.6) is 0 Å². The second kappa shape index (κ2) is 11.7. The van der Waals surface area contributed by atoms with Crippen molar-refractivity contribution in [3.8, 4) is 0 Å². The van der Waals surface area contributed by atoms with Crippen LogP contribution in [-0.4, -0.2) is 26.7 Å². The molecular weight excluding hydrogens is 560 g/mol. The van der Waals surface area contributed by atoms with Crippen LogP contribution in [0.2, 0.25) is 0 Å². The van der Waals surface area contributed by atoms with E-state index in [1.165, 1.54) is 0 Å². The molecule has 0 aliphatic carbocycles. The molecule has 2 N–H and O–H groups in total. The molecule has 0 aromatic heterocycles. The maximum atomic E-state index is 13.4. The van der Waals surface area contributed by atoms with Crippen molar-refractivity contribution in [2.75, 3.05) is 0 Å². The Morgan fingerprint density at radius 1 is 0.500 bits per heavy atom. The average molecular weight is 583 g/mol. The highest BCUT2D eigenvalue weighted by atomic mass is 32.2. The Morgan fingerprint density at radius 2 is 0.800 bits per heavy atom. The van der Waals surface area contributed by atoms with E-state index in [0.717, 1.165) is 48.5 Å². The molecule has 0 amide bonds. The van der Waals surface area contributed by atoms with Gasteiger partial charge in [-0.05, 0) is 35.4 Å². The Hall–Kier alpha value is -4.50. The van der Waals surface area contributed by atoms with E-state index in [1.807, 2.05) is 0 Å². The minimum absolute atomic E-state index is 0.260. The van der Waals surface area contributed by atoms with Gasteiger partial charge in [0, 0.05) is 24.3 Å². The summed E-state index contributed by atoms with van der Waals surface area (Å²) in [4.78, 5) is 20.2. The topological polar surface area (TPSA) is 179 Å². The summed E-state index contributed by atoms with van der Waals surface area (Å²) in [6.07, 6.45) is 0. The van der Waals surface area contributed by atoms with E-state index in [9.17, 15) is 37.1 Å². The van der Waals surface area contributed by atoms with Crippen LogP contribution in [-0.2, 0) is 20.0 Å². The minimum atomic E-state index is -4.32. The highest BCUT2D eigenvalue weighted by Crippen LogP contribution is 2.33. The lowest BCUT2D eigenvalue weighted by atomic mass is 9.95. The van der Waals surface area contributed by atoms with Gasteiger partial charge in [-0.15, -0.1) is 0 Å². The minimum Gasteiger partial charge on any atom is -0.258 e. The zero-order valence-electron chi connectivity index (χ0n) is 20.5. The van der Waals surface area contributed by atoms with Crippen LogP contribution < -0.4 is 9.44 Å². The van der Waals surface area contributed by atoms with Gasteiger partial charge in [0.2, 0.25) is 20.0 Å². The Balaban J connectivity index is 1.79. The van der Waals surface area contributed by atoms with Crippen molar-refractivity contribution in [1.82, 2.24) is 9.44 Å². The summed E-state index contributed by atoms with van der Waals surface area (Å²) in [7, 11) is -8.64. The lowest BCUT2D eigenvalue weighted by Crippen LogP contribution is -2.40. The van der Waals surface area contributed by atoms with Gasteiger partial charge in [-0.3, -0.25) is 20.2 Å². The third kappa shape index (κ3) is 6.55. The normalized spacial score (nSPS) is 13.3. The van der Waals surface area contributed by atoms with Crippen LogP contribution in [0.15, 0.2) is 119 Å². The molecule has 0 heterocycles. The molecule has 0 aliphatic heterocycles. The number of hydrogen-bond donors (Lipinski definition) is 2. The third-order valence-electron chi connectivity index (χ3n) is 5.93.